The molecule has 17 heavy (non-hydrogen) atoms. The number of nitrogens with one attached hydrogen (secondary N) is 1. The van der Waals surface area contributed by atoms with Gasteiger partial charge < -0.3 is 11.1 Å². The number of benzene rings is 1. The molecule has 3 N–H and O–H groups in total. The molecule has 0 bridgehead atoms. The summed E-state index contributed by atoms with van der Waals surface area (Å²) in [7, 11) is 0. The fourth-order valence-electron chi connectivity index (χ4n) is 1.64. The van der Waals surface area contributed by atoms with Crippen LogP contribution in [0, 0.1) is 5.82 Å². The molecule has 0 aliphatic rings. The van der Waals surface area contributed by atoms with Gasteiger partial charge in [0.05, 0.1) is 0 Å². The minimum atomic E-state index is -0.252. The smallest absolute Gasteiger partial charge is 0.126 e. The maximum Gasteiger partial charge on any atom is 0.126 e. The highest BCUT2D eigenvalue weighted by Crippen LogP contribution is 2.25. The lowest BCUT2D eigenvalue weighted by atomic mass is 9.83. The van der Waals surface area contributed by atoms with E-state index in [1.54, 1.807) is 6.07 Å². The minimum absolute atomic E-state index is 0.122. The lowest BCUT2D eigenvalue weighted by molar-refractivity contribution is 0.341. The molecule has 1 aromatic carbocycles. The van der Waals surface area contributed by atoms with Crippen molar-refractivity contribution in [2.45, 2.75) is 38.6 Å². The van der Waals surface area contributed by atoms with Crippen LogP contribution in [0.15, 0.2) is 24.3 Å². The summed E-state index contributed by atoms with van der Waals surface area (Å²) < 4.78 is 13.7. The second-order valence-electron chi connectivity index (χ2n) is 5.81. The van der Waals surface area contributed by atoms with E-state index in [0.29, 0.717) is 13.1 Å². The molecule has 0 amide bonds. The molecule has 0 unspecified atom stereocenters. The van der Waals surface area contributed by atoms with E-state index in [0.717, 1.165) is 5.56 Å². The average Bonchev–Trinajstić information content (AvgIpc) is 2.27. The molecule has 0 saturated heterocycles. The van der Waals surface area contributed by atoms with Crippen molar-refractivity contribution in [3.05, 3.63) is 35.6 Å². The minimum Gasteiger partial charge on any atom is -0.329 e. The number of hydrogen-bond donors (Lipinski definition) is 2. The summed E-state index contributed by atoms with van der Waals surface area (Å²) in [6.07, 6.45) is 0. The third kappa shape index (κ3) is 3.79. The highest BCUT2D eigenvalue weighted by molar-refractivity contribution is 5.26. The summed E-state index contributed by atoms with van der Waals surface area (Å²) in [5.41, 5.74) is 6.03. The molecule has 2 nitrogen and oxygen atoms in total. The topological polar surface area (TPSA) is 38.0 Å². The summed E-state index contributed by atoms with van der Waals surface area (Å²) in [5, 5.41) is 3.38. The van der Waals surface area contributed by atoms with Crippen molar-refractivity contribution in [2.24, 2.45) is 5.73 Å². The molecular formula is C14H23FN2. The maximum absolute atomic E-state index is 13.7. The Hall–Kier alpha value is -0.930. The molecule has 0 atom stereocenters. The first kappa shape index (κ1) is 14.1. The van der Waals surface area contributed by atoms with Crippen molar-refractivity contribution in [3.63, 3.8) is 0 Å². The van der Waals surface area contributed by atoms with Crippen molar-refractivity contribution in [1.29, 1.82) is 0 Å². The Kier molecular flexibility index (Phi) is 4.28. The van der Waals surface area contributed by atoms with Crippen molar-refractivity contribution < 1.29 is 4.39 Å². The largest absolute Gasteiger partial charge is 0.329 e. The Bertz CT molecular complexity index is 372. The molecule has 96 valence electrons. The zero-order chi connectivity index (χ0) is 13.1. The molecule has 1 aromatic rings. The first-order chi connectivity index (χ1) is 7.78. The molecule has 0 aliphatic heterocycles. The lowest BCUT2D eigenvalue weighted by Crippen LogP contribution is -2.50. The Morgan fingerprint density at radius 1 is 1.18 bits per heavy atom. The first-order valence-corrected chi connectivity index (χ1v) is 5.99. The van der Waals surface area contributed by atoms with Crippen LogP contribution < -0.4 is 11.1 Å². The normalized spacial score (nSPS) is 12.8. The van der Waals surface area contributed by atoms with Gasteiger partial charge >= 0.3 is 0 Å². The van der Waals surface area contributed by atoms with E-state index in [2.05, 4.69) is 5.32 Å². The number of nitrogens with two attached hydrogens (primary N) is 1. The standard InChI is InChI=1S/C14H23FN2/c1-13(2,10-17-14(3,4)9-16)11-7-5-6-8-12(11)15/h5-8,17H,9-10,16H2,1-4H3. The van der Waals surface area contributed by atoms with Gasteiger partial charge in [-0.1, -0.05) is 32.0 Å². The molecule has 0 fully saturated rings. The van der Waals surface area contributed by atoms with Crippen molar-refractivity contribution in [1.82, 2.24) is 5.32 Å². The van der Waals surface area contributed by atoms with Crippen LogP contribution in [-0.4, -0.2) is 18.6 Å². The second-order valence-corrected chi connectivity index (χ2v) is 5.81. The predicted molar refractivity (Wildman–Crippen MR) is 70.6 cm³/mol. The summed E-state index contributed by atoms with van der Waals surface area (Å²) >= 11 is 0. The van der Waals surface area contributed by atoms with Gasteiger partial charge in [-0.15, -0.1) is 0 Å². The van der Waals surface area contributed by atoms with Crippen LogP contribution in [0.1, 0.15) is 33.3 Å². The van der Waals surface area contributed by atoms with E-state index in [1.165, 1.54) is 6.07 Å². The Labute approximate surface area is 103 Å². The van der Waals surface area contributed by atoms with E-state index < -0.39 is 0 Å². The third-order valence-electron chi connectivity index (χ3n) is 3.12. The highest BCUT2D eigenvalue weighted by atomic mass is 19.1. The van der Waals surface area contributed by atoms with Crippen LogP contribution >= 0.6 is 0 Å². The van der Waals surface area contributed by atoms with Gasteiger partial charge in [0.15, 0.2) is 0 Å². The van der Waals surface area contributed by atoms with Crippen LogP contribution in [0.3, 0.4) is 0 Å². The summed E-state index contributed by atoms with van der Waals surface area (Å²) in [5.74, 6) is -0.148. The zero-order valence-electron chi connectivity index (χ0n) is 11.2. The summed E-state index contributed by atoms with van der Waals surface area (Å²) in [6, 6.07) is 6.93. The average molecular weight is 238 g/mol. The fraction of sp³-hybridized carbons (Fsp3) is 0.571. The number of hydrogen-bond acceptors (Lipinski definition) is 2. The van der Waals surface area contributed by atoms with Crippen LogP contribution in [0.25, 0.3) is 0 Å². The maximum atomic E-state index is 13.7. The molecule has 0 aliphatic carbocycles. The Morgan fingerprint density at radius 3 is 2.29 bits per heavy atom. The molecule has 3 heteroatoms. The first-order valence-electron chi connectivity index (χ1n) is 5.99. The number of rotatable bonds is 5. The van der Waals surface area contributed by atoms with E-state index in [-0.39, 0.29) is 16.8 Å². The predicted octanol–water partition coefficient (Wildman–Crippen LogP) is 2.43. The molecule has 0 saturated carbocycles. The molecule has 0 spiro atoms. The van der Waals surface area contributed by atoms with Crippen molar-refractivity contribution in [2.75, 3.05) is 13.1 Å². The van der Waals surface area contributed by atoms with Gasteiger partial charge in [-0.2, -0.15) is 0 Å². The van der Waals surface area contributed by atoms with Gasteiger partial charge in [0.1, 0.15) is 5.82 Å². The van der Waals surface area contributed by atoms with Crippen molar-refractivity contribution >= 4 is 0 Å². The second kappa shape index (κ2) is 5.15. The summed E-state index contributed by atoms with van der Waals surface area (Å²) in [6.45, 7) is 9.41. The monoisotopic (exact) mass is 238 g/mol. The van der Waals surface area contributed by atoms with Gasteiger partial charge in [0.25, 0.3) is 0 Å². The van der Waals surface area contributed by atoms with Crippen LogP contribution in [-0.2, 0) is 5.41 Å². The van der Waals surface area contributed by atoms with Gasteiger partial charge in [-0.05, 0) is 25.5 Å². The fourth-order valence-corrected chi connectivity index (χ4v) is 1.64. The van der Waals surface area contributed by atoms with Crippen LogP contribution in [0.2, 0.25) is 0 Å². The molecule has 1 rings (SSSR count). The van der Waals surface area contributed by atoms with Crippen LogP contribution in [0.5, 0.6) is 0 Å². The van der Waals surface area contributed by atoms with Gasteiger partial charge in [0.2, 0.25) is 0 Å². The van der Waals surface area contributed by atoms with E-state index in [1.807, 2.05) is 39.8 Å². The van der Waals surface area contributed by atoms with E-state index in [9.17, 15) is 4.39 Å². The SMILES string of the molecule is CC(C)(CN)NCC(C)(C)c1ccccc1F. The molecular weight excluding hydrogens is 215 g/mol. The quantitative estimate of drug-likeness (QED) is 0.827. The van der Waals surface area contributed by atoms with Gasteiger partial charge in [0, 0.05) is 24.0 Å². The Morgan fingerprint density at radius 2 is 1.76 bits per heavy atom. The zero-order valence-corrected chi connectivity index (χ0v) is 11.2. The van der Waals surface area contributed by atoms with Crippen molar-refractivity contribution in [3.8, 4) is 0 Å². The third-order valence-corrected chi connectivity index (χ3v) is 3.12. The Balaban J connectivity index is 2.79. The lowest BCUT2D eigenvalue weighted by Gasteiger charge is -2.32. The van der Waals surface area contributed by atoms with E-state index in [4.69, 9.17) is 5.73 Å². The van der Waals surface area contributed by atoms with E-state index >= 15 is 0 Å². The van der Waals surface area contributed by atoms with Crippen LogP contribution in [0.4, 0.5) is 4.39 Å². The highest BCUT2D eigenvalue weighted by Gasteiger charge is 2.26. The molecule has 0 heterocycles. The molecule has 0 radical (unpaired) electrons. The van der Waals surface area contributed by atoms with Gasteiger partial charge in [-0.3, -0.25) is 0 Å². The van der Waals surface area contributed by atoms with Gasteiger partial charge in [-0.25, -0.2) is 4.39 Å². The summed E-state index contributed by atoms with van der Waals surface area (Å²) in [4.78, 5) is 0. The number of halogens is 1. The molecule has 0 aromatic heterocycles.